The van der Waals surface area contributed by atoms with E-state index in [1.54, 1.807) is 0 Å². The fourth-order valence-corrected chi connectivity index (χ4v) is 15.0. The minimum Gasteiger partial charge on any atom is -0.462 e. The monoisotopic (exact) mass is 686 g/mol. The highest BCUT2D eigenvalue weighted by atomic mass is 16.5. The van der Waals surface area contributed by atoms with Crippen LogP contribution in [0.4, 0.5) is 0 Å². The van der Waals surface area contributed by atoms with Gasteiger partial charge in [-0.3, -0.25) is 9.59 Å². The molecular formula is C45H67NO4. The van der Waals surface area contributed by atoms with Crippen LogP contribution >= 0.6 is 0 Å². The van der Waals surface area contributed by atoms with Crippen LogP contribution in [0.2, 0.25) is 0 Å². The Labute approximate surface area is 303 Å². The zero-order chi connectivity index (χ0) is 35.7. The molecule has 0 amide bonds. The van der Waals surface area contributed by atoms with Gasteiger partial charge >= 0.3 is 11.9 Å². The highest BCUT2D eigenvalue weighted by Crippen LogP contribution is 2.77. The zero-order valence-electron chi connectivity index (χ0n) is 32.6. The average Bonchev–Trinajstić information content (AvgIpc) is 3.70. The van der Waals surface area contributed by atoms with Crippen molar-refractivity contribution in [1.82, 2.24) is 0 Å². The van der Waals surface area contributed by atoms with Crippen molar-refractivity contribution in [3.63, 3.8) is 0 Å². The summed E-state index contributed by atoms with van der Waals surface area (Å²) in [5.74, 6) is 2.62. The molecule has 0 spiro atoms. The molecule has 7 aliphatic rings. The smallest absolute Gasteiger partial charge is 0.309 e. The highest BCUT2D eigenvalue weighted by molar-refractivity contribution is 5.82. The van der Waals surface area contributed by atoms with Crippen LogP contribution in [0.25, 0.3) is 0 Å². The molecule has 0 aromatic heterocycles. The molecular weight excluding hydrogens is 618 g/mol. The SMILES string of the molecule is CC1(C2CC[C@]3(N)CC[C@]4(C)[C@H](CCC5[C@@]6(C)CC[C@H](OC(=O)[C@H]7C[C@@H](C(=O)OCc8ccccc8)C7(C)C)C(C)(C)[C@@H]6CC[C@]54C)C23)CC1. The topological polar surface area (TPSA) is 78.6 Å². The summed E-state index contributed by atoms with van der Waals surface area (Å²) in [7, 11) is 0. The first-order valence-electron chi connectivity index (χ1n) is 20.6. The van der Waals surface area contributed by atoms with E-state index in [2.05, 4.69) is 41.5 Å². The molecule has 1 aromatic carbocycles. The first-order chi connectivity index (χ1) is 23.4. The third-order valence-electron chi connectivity index (χ3n) is 18.7. The van der Waals surface area contributed by atoms with Gasteiger partial charge in [-0.1, -0.05) is 85.7 Å². The van der Waals surface area contributed by atoms with E-state index in [0.717, 1.165) is 30.2 Å². The van der Waals surface area contributed by atoms with Crippen LogP contribution in [0.15, 0.2) is 30.3 Å². The van der Waals surface area contributed by atoms with Crippen LogP contribution in [-0.4, -0.2) is 23.6 Å². The second kappa shape index (κ2) is 11.3. The number of hydrogen-bond acceptors (Lipinski definition) is 5. The van der Waals surface area contributed by atoms with E-state index in [-0.39, 0.29) is 52.9 Å². The van der Waals surface area contributed by atoms with Gasteiger partial charge in [-0.25, -0.2) is 0 Å². The van der Waals surface area contributed by atoms with Gasteiger partial charge in [0.05, 0.1) is 11.8 Å². The number of carbonyl (C=O) groups excluding carboxylic acids is 2. The normalized spacial score (nSPS) is 47.7. The summed E-state index contributed by atoms with van der Waals surface area (Å²) in [6.07, 6.45) is 15.6. The first-order valence-corrected chi connectivity index (χ1v) is 20.6. The quantitative estimate of drug-likeness (QED) is 0.302. The lowest BCUT2D eigenvalue weighted by atomic mass is 9.32. The second-order valence-corrected chi connectivity index (χ2v) is 21.3. The molecule has 2 N–H and O–H groups in total. The lowest BCUT2D eigenvalue weighted by Crippen LogP contribution is -2.68. The Morgan fingerprint density at radius 1 is 0.680 bits per heavy atom. The molecule has 0 radical (unpaired) electrons. The summed E-state index contributed by atoms with van der Waals surface area (Å²) in [5, 5.41) is 0. The Bertz CT molecular complexity index is 1510. The Morgan fingerprint density at radius 2 is 1.38 bits per heavy atom. The van der Waals surface area contributed by atoms with Crippen molar-refractivity contribution in [1.29, 1.82) is 0 Å². The van der Waals surface area contributed by atoms with Crippen molar-refractivity contribution < 1.29 is 19.1 Å². The van der Waals surface area contributed by atoms with Crippen LogP contribution in [0, 0.1) is 73.9 Å². The largest absolute Gasteiger partial charge is 0.462 e. The van der Waals surface area contributed by atoms with Crippen LogP contribution in [0.5, 0.6) is 0 Å². The standard InChI is InChI=1S/C45H67NO4/c1-39(2)31(37(47)49-27-28-12-10-9-11-13-28)26-32(39)38(48)50-35-18-19-42(6)33(40(35,3)4)17-20-44(8)34(42)15-14-30-36-29(41(5)22-23-41)16-21-45(36,46)25-24-43(30,44)7/h9-13,29-36H,14-27,46H2,1-8H3/t29?,30-,31+,32-,33+,34?,35+,36?,42+,43-,44-,45+/m1/s1. The van der Waals surface area contributed by atoms with Gasteiger partial charge in [0.15, 0.2) is 0 Å². The maximum absolute atomic E-state index is 13.9. The summed E-state index contributed by atoms with van der Waals surface area (Å²) >= 11 is 0. The molecule has 5 heteroatoms. The van der Waals surface area contributed by atoms with Gasteiger partial charge in [0, 0.05) is 11.0 Å². The van der Waals surface area contributed by atoms with Crippen molar-refractivity contribution in [2.45, 2.75) is 157 Å². The molecule has 0 bridgehead atoms. The molecule has 1 aromatic rings. The molecule has 7 fully saturated rings. The summed E-state index contributed by atoms with van der Waals surface area (Å²) in [5.41, 5.74) is 9.34. The predicted octanol–water partition coefficient (Wildman–Crippen LogP) is 9.90. The van der Waals surface area contributed by atoms with Gasteiger partial charge in [-0.05, 0) is 146 Å². The number of ether oxygens (including phenoxy) is 2. The maximum Gasteiger partial charge on any atom is 0.309 e. The molecule has 7 saturated carbocycles. The number of esters is 2. The Kier molecular flexibility index (Phi) is 7.96. The summed E-state index contributed by atoms with van der Waals surface area (Å²) in [4.78, 5) is 27.0. The zero-order valence-corrected chi connectivity index (χ0v) is 32.6. The van der Waals surface area contributed by atoms with Gasteiger partial charge in [0.25, 0.3) is 0 Å². The van der Waals surface area contributed by atoms with E-state index in [0.29, 0.717) is 40.4 Å². The van der Waals surface area contributed by atoms with Crippen LogP contribution < -0.4 is 5.73 Å². The van der Waals surface area contributed by atoms with E-state index < -0.39 is 5.41 Å². The number of benzene rings is 1. The van der Waals surface area contributed by atoms with Crippen molar-refractivity contribution in [3.05, 3.63) is 35.9 Å². The van der Waals surface area contributed by atoms with Crippen molar-refractivity contribution in [2.24, 2.45) is 79.6 Å². The Balaban J connectivity index is 0.953. The number of carbonyl (C=O) groups is 2. The van der Waals surface area contributed by atoms with Gasteiger partial charge in [-0.2, -0.15) is 0 Å². The lowest BCUT2D eigenvalue weighted by molar-refractivity contribution is -0.248. The minimum absolute atomic E-state index is 0.0617. The molecule has 7 aliphatic carbocycles. The lowest BCUT2D eigenvalue weighted by Gasteiger charge is -2.73. The van der Waals surface area contributed by atoms with Gasteiger partial charge in [0.1, 0.15) is 12.7 Å². The molecule has 0 heterocycles. The second-order valence-electron chi connectivity index (χ2n) is 21.3. The Morgan fingerprint density at radius 3 is 2.06 bits per heavy atom. The van der Waals surface area contributed by atoms with E-state index in [4.69, 9.17) is 15.2 Å². The fraction of sp³-hybridized carbons (Fsp3) is 0.822. The average molecular weight is 686 g/mol. The number of hydrogen-bond donors (Lipinski definition) is 1. The number of fused-ring (bicyclic) bond motifs is 7. The fourth-order valence-electron chi connectivity index (χ4n) is 15.0. The summed E-state index contributed by atoms with van der Waals surface area (Å²) in [6, 6.07) is 9.80. The minimum atomic E-state index is -0.477. The first kappa shape index (κ1) is 35.2. The molecule has 3 unspecified atom stereocenters. The van der Waals surface area contributed by atoms with E-state index in [9.17, 15) is 9.59 Å². The van der Waals surface area contributed by atoms with Crippen molar-refractivity contribution in [2.75, 3.05) is 0 Å². The summed E-state index contributed by atoms with van der Waals surface area (Å²) in [6.45, 7) is 19.8. The Hall–Kier alpha value is -1.88. The van der Waals surface area contributed by atoms with Crippen molar-refractivity contribution >= 4 is 11.9 Å². The van der Waals surface area contributed by atoms with Crippen molar-refractivity contribution in [3.8, 4) is 0 Å². The van der Waals surface area contributed by atoms with Gasteiger partial charge in [-0.15, -0.1) is 0 Å². The number of nitrogens with two attached hydrogens (primary N) is 1. The molecule has 8 rings (SSSR count). The highest BCUT2D eigenvalue weighted by Gasteiger charge is 2.72. The van der Waals surface area contributed by atoms with Gasteiger partial charge < -0.3 is 15.2 Å². The third kappa shape index (κ3) is 4.85. The van der Waals surface area contributed by atoms with E-state index in [1.165, 1.54) is 64.2 Å². The molecule has 12 atom stereocenters. The number of rotatable bonds is 6. The van der Waals surface area contributed by atoms with Crippen LogP contribution in [0.1, 0.15) is 144 Å². The van der Waals surface area contributed by atoms with Gasteiger partial charge in [0.2, 0.25) is 0 Å². The molecule has 0 aliphatic heterocycles. The van der Waals surface area contributed by atoms with Crippen LogP contribution in [-0.2, 0) is 25.7 Å². The van der Waals surface area contributed by atoms with E-state index in [1.807, 2.05) is 44.2 Å². The molecule has 276 valence electrons. The van der Waals surface area contributed by atoms with E-state index >= 15 is 0 Å². The molecule has 50 heavy (non-hydrogen) atoms. The van der Waals surface area contributed by atoms with Crippen LogP contribution in [0.3, 0.4) is 0 Å². The molecule has 5 nitrogen and oxygen atoms in total. The maximum atomic E-state index is 13.9. The predicted molar refractivity (Wildman–Crippen MR) is 197 cm³/mol. The molecule has 0 saturated heterocycles. The summed E-state index contributed by atoms with van der Waals surface area (Å²) < 4.78 is 12.3. The third-order valence-corrected chi connectivity index (χ3v) is 18.7.